The average Bonchev–Trinajstić information content (AvgIpc) is 2.76. The van der Waals surface area contributed by atoms with E-state index in [1.165, 1.54) is 24.5 Å². The third-order valence-electron chi connectivity index (χ3n) is 2.27. The molecular formula is C11H10F3N3. The van der Waals surface area contributed by atoms with E-state index < -0.39 is 12.4 Å². The van der Waals surface area contributed by atoms with Crippen LogP contribution in [0.2, 0.25) is 0 Å². The number of nitrogens with zero attached hydrogens (tertiary/aromatic N) is 2. The number of para-hydroxylation sites is 1. The monoisotopic (exact) mass is 241 g/mol. The summed E-state index contributed by atoms with van der Waals surface area (Å²) in [6.07, 6.45) is 2.47. The van der Waals surface area contributed by atoms with Crippen LogP contribution in [-0.4, -0.2) is 9.55 Å². The van der Waals surface area contributed by atoms with Gasteiger partial charge in [-0.15, -0.1) is 0 Å². The van der Waals surface area contributed by atoms with Gasteiger partial charge in [0.1, 0.15) is 11.6 Å². The number of hydrogen-bond donors (Lipinski definition) is 1. The summed E-state index contributed by atoms with van der Waals surface area (Å²) in [6.45, 7) is -2.60. The molecule has 90 valence electrons. The molecule has 0 aliphatic heterocycles. The van der Waals surface area contributed by atoms with Gasteiger partial charge < -0.3 is 5.32 Å². The molecule has 1 aromatic heterocycles. The first-order valence-corrected chi connectivity index (χ1v) is 4.97. The Morgan fingerprint density at radius 2 is 2.06 bits per heavy atom. The van der Waals surface area contributed by atoms with Crippen LogP contribution in [0.5, 0.6) is 0 Å². The minimum Gasteiger partial charge on any atom is -0.375 e. The van der Waals surface area contributed by atoms with E-state index >= 15 is 0 Å². The van der Waals surface area contributed by atoms with Gasteiger partial charge in [0.25, 0.3) is 0 Å². The van der Waals surface area contributed by atoms with Crippen LogP contribution in [0, 0.1) is 5.82 Å². The Kier molecular flexibility index (Phi) is 3.32. The van der Waals surface area contributed by atoms with Gasteiger partial charge in [0.15, 0.2) is 0 Å². The highest BCUT2D eigenvalue weighted by molar-refractivity contribution is 5.44. The molecule has 0 aliphatic rings. The maximum atomic E-state index is 13.2. The van der Waals surface area contributed by atoms with Crippen molar-refractivity contribution in [1.82, 2.24) is 9.55 Å². The Hall–Kier alpha value is -1.98. The van der Waals surface area contributed by atoms with Gasteiger partial charge in [-0.25, -0.2) is 9.37 Å². The zero-order valence-electron chi connectivity index (χ0n) is 8.78. The van der Waals surface area contributed by atoms with E-state index in [0.717, 1.165) is 4.57 Å². The molecule has 6 heteroatoms. The van der Waals surface area contributed by atoms with E-state index in [9.17, 15) is 13.2 Å². The van der Waals surface area contributed by atoms with Crippen LogP contribution in [0.4, 0.5) is 18.9 Å². The van der Waals surface area contributed by atoms with Gasteiger partial charge in [-0.1, -0.05) is 12.1 Å². The van der Waals surface area contributed by atoms with Gasteiger partial charge in [0.05, 0.1) is 12.2 Å². The Labute approximate surface area is 95.9 Å². The highest BCUT2D eigenvalue weighted by Crippen LogP contribution is 2.16. The predicted octanol–water partition coefficient (Wildman–Crippen LogP) is 3.03. The Morgan fingerprint density at radius 1 is 1.29 bits per heavy atom. The number of benzene rings is 1. The van der Waals surface area contributed by atoms with Crippen molar-refractivity contribution >= 4 is 5.69 Å². The second-order valence-corrected chi connectivity index (χ2v) is 3.36. The molecule has 0 saturated heterocycles. The zero-order chi connectivity index (χ0) is 12.3. The van der Waals surface area contributed by atoms with Gasteiger partial charge in [0.2, 0.25) is 0 Å². The lowest BCUT2D eigenvalue weighted by Gasteiger charge is -2.09. The molecule has 2 aromatic rings. The SMILES string of the molecule is Fc1ccccc1NCc1nccn1C(F)F. The van der Waals surface area contributed by atoms with Crippen molar-refractivity contribution in [3.8, 4) is 0 Å². The average molecular weight is 241 g/mol. The number of imidazole rings is 1. The number of halogens is 3. The first-order valence-electron chi connectivity index (χ1n) is 4.97. The summed E-state index contributed by atoms with van der Waals surface area (Å²) in [4.78, 5) is 3.78. The van der Waals surface area contributed by atoms with Crippen LogP contribution < -0.4 is 5.32 Å². The molecule has 0 amide bonds. The fraction of sp³-hybridized carbons (Fsp3) is 0.182. The smallest absolute Gasteiger partial charge is 0.319 e. The van der Waals surface area contributed by atoms with Gasteiger partial charge in [-0.3, -0.25) is 4.57 Å². The molecule has 3 nitrogen and oxygen atoms in total. The molecule has 0 bridgehead atoms. The number of hydrogen-bond acceptors (Lipinski definition) is 2. The Morgan fingerprint density at radius 3 is 2.76 bits per heavy atom. The Balaban J connectivity index is 2.08. The highest BCUT2D eigenvalue weighted by Gasteiger charge is 2.11. The molecule has 1 N–H and O–H groups in total. The molecule has 2 rings (SSSR count). The molecule has 0 aliphatic carbocycles. The third kappa shape index (κ3) is 2.58. The molecule has 0 saturated carbocycles. The van der Waals surface area contributed by atoms with Gasteiger partial charge in [-0.2, -0.15) is 8.78 Å². The predicted molar refractivity (Wildman–Crippen MR) is 57.2 cm³/mol. The largest absolute Gasteiger partial charge is 0.375 e. The molecule has 1 aromatic carbocycles. The van der Waals surface area contributed by atoms with Crippen molar-refractivity contribution in [2.75, 3.05) is 5.32 Å². The minimum absolute atomic E-state index is 0.0400. The zero-order valence-corrected chi connectivity index (χ0v) is 8.78. The number of rotatable bonds is 4. The van der Waals surface area contributed by atoms with Crippen LogP contribution >= 0.6 is 0 Å². The summed E-state index contributed by atoms with van der Waals surface area (Å²) >= 11 is 0. The molecule has 17 heavy (non-hydrogen) atoms. The fourth-order valence-corrected chi connectivity index (χ4v) is 1.44. The van der Waals surface area contributed by atoms with Crippen LogP contribution in [-0.2, 0) is 6.54 Å². The fourth-order valence-electron chi connectivity index (χ4n) is 1.44. The van der Waals surface area contributed by atoms with E-state index in [-0.39, 0.29) is 18.1 Å². The summed E-state index contributed by atoms with van der Waals surface area (Å²) in [5.74, 6) is -0.272. The Bertz CT molecular complexity index is 496. The number of aromatic nitrogens is 2. The van der Waals surface area contributed by atoms with Gasteiger partial charge in [0, 0.05) is 12.4 Å². The number of alkyl halides is 2. The van der Waals surface area contributed by atoms with Crippen molar-refractivity contribution < 1.29 is 13.2 Å². The van der Waals surface area contributed by atoms with Crippen LogP contribution in [0.15, 0.2) is 36.7 Å². The van der Waals surface area contributed by atoms with Crippen molar-refractivity contribution in [3.05, 3.63) is 48.3 Å². The number of nitrogens with one attached hydrogen (secondary N) is 1. The van der Waals surface area contributed by atoms with Crippen molar-refractivity contribution in [2.24, 2.45) is 0 Å². The summed E-state index contributed by atoms with van der Waals surface area (Å²) in [7, 11) is 0. The van der Waals surface area contributed by atoms with Crippen molar-refractivity contribution in [2.45, 2.75) is 13.1 Å². The lowest BCUT2D eigenvalue weighted by Crippen LogP contribution is -2.09. The lowest BCUT2D eigenvalue weighted by molar-refractivity contribution is 0.0673. The minimum atomic E-state index is -2.64. The van der Waals surface area contributed by atoms with Crippen molar-refractivity contribution in [1.29, 1.82) is 0 Å². The maximum absolute atomic E-state index is 13.2. The second-order valence-electron chi connectivity index (χ2n) is 3.36. The van der Waals surface area contributed by atoms with Gasteiger partial charge >= 0.3 is 6.55 Å². The van der Waals surface area contributed by atoms with E-state index in [1.807, 2.05) is 0 Å². The van der Waals surface area contributed by atoms with E-state index in [0.29, 0.717) is 0 Å². The van der Waals surface area contributed by atoms with E-state index in [4.69, 9.17) is 0 Å². The highest BCUT2D eigenvalue weighted by atomic mass is 19.3. The first kappa shape index (κ1) is 11.5. The topological polar surface area (TPSA) is 29.9 Å². The van der Waals surface area contributed by atoms with E-state index in [2.05, 4.69) is 10.3 Å². The maximum Gasteiger partial charge on any atom is 0.319 e. The van der Waals surface area contributed by atoms with Crippen molar-refractivity contribution in [3.63, 3.8) is 0 Å². The quantitative estimate of drug-likeness (QED) is 0.891. The molecule has 0 spiro atoms. The van der Waals surface area contributed by atoms with E-state index in [1.54, 1.807) is 12.1 Å². The molecule has 0 unspecified atom stereocenters. The molecule has 0 fully saturated rings. The van der Waals surface area contributed by atoms with Crippen LogP contribution in [0.3, 0.4) is 0 Å². The molecule has 0 radical (unpaired) electrons. The molecular weight excluding hydrogens is 231 g/mol. The molecule has 1 heterocycles. The van der Waals surface area contributed by atoms with Crippen LogP contribution in [0.1, 0.15) is 12.4 Å². The summed E-state index contributed by atoms with van der Waals surface area (Å²) in [5.41, 5.74) is 0.260. The summed E-state index contributed by atoms with van der Waals surface area (Å²) in [6, 6.07) is 6.04. The second kappa shape index (κ2) is 4.90. The van der Waals surface area contributed by atoms with Gasteiger partial charge in [-0.05, 0) is 12.1 Å². The number of anilines is 1. The summed E-state index contributed by atoms with van der Waals surface area (Å²) < 4.78 is 38.9. The standard InChI is InChI=1S/C11H10F3N3/c12-8-3-1-2-4-9(8)16-7-10-15-5-6-17(10)11(13)14/h1-6,11,16H,7H2. The lowest BCUT2D eigenvalue weighted by atomic mass is 10.3. The van der Waals surface area contributed by atoms with Crippen LogP contribution in [0.25, 0.3) is 0 Å². The normalized spacial score (nSPS) is 10.8. The summed E-state index contributed by atoms with van der Waals surface area (Å²) in [5, 5.41) is 2.72. The molecule has 0 atom stereocenters. The first-order chi connectivity index (χ1) is 8.18. The third-order valence-corrected chi connectivity index (χ3v) is 2.27.